The number of hydrogen-bond donors (Lipinski definition) is 1. The van der Waals surface area contributed by atoms with Crippen LogP contribution in [0.15, 0.2) is 48.5 Å². The van der Waals surface area contributed by atoms with E-state index in [0.29, 0.717) is 30.0 Å². The number of Topliss-reactive ketones (excluding diaryl/α,β-unsaturated/α-hetero) is 1. The lowest BCUT2D eigenvalue weighted by atomic mass is 10.1. The molecule has 2 aromatic carbocycles. The van der Waals surface area contributed by atoms with Gasteiger partial charge in [0.25, 0.3) is 0 Å². The third-order valence-electron chi connectivity index (χ3n) is 4.48. The summed E-state index contributed by atoms with van der Waals surface area (Å²) in [5, 5.41) is 2.75. The molecule has 0 aliphatic heterocycles. The Morgan fingerprint density at radius 3 is 2.20 bits per heavy atom. The number of esters is 1. The summed E-state index contributed by atoms with van der Waals surface area (Å²) in [6.07, 6.45) is 3.67. The predicted octanol–water partition coefficient (Wildman–Crippen LogP) is 3.97. The number of carbonyl (C=O) groups is 3. The smallest absolute Gasteiger partial charge is 0.338 e. The first-order valence-corrected chi connectivity index (χ1v) is 10.3. The molecule has 0 aliphatic rings. The average Bonchev–Trinajstić information content (AvgIpc) is 2.76. The lowest BCUT2D eigenvalue weighted by Gasteiger charge is -2.08. The molecule has 0 saturated heterocycles. The largest absolute Gasteiger partial charge is 0.494 e. The van der Waals surface area contributed by atoms with Gasteiger partial charge in [-0.15, -0.1) is 0 Å². The first-order chi connectivity index (χ1) is 14.5. The highest BCUT2D eigenvalue weighted by Crippen LogP contribution is 2.14. The number of amides is 1. The minimum atomic E-state index is -0.543. The molecular formula is C24H29NO5. The Labute approximate surface area is 177 Å². The van der Waals surface area contributed by atoms with Crippen LogP contribution >= 0.6 is 0 Å². The molecule has 0 atom stereocenters. The second-order valence-electron chi connectivity index (χ2n) is 7.01. The fourth-order valence-corrected chi connectivity index (χ4v) is 2.73. The third kappa shape index (κ3) is 8.07. The lowest BCUT2D eigenvalue weighted by Crippen LogP contribution is -2.21. The molecular weight excluding hydrogens is 382 g/mol. The fraction of sp³-hybridized carbons (Fsp3) is 0.375. The van der Waals surface area contributed by atoms with Gasteiger partial charge in [0.2, 0.25) is 5.91 Å². The molecule has 0 bridgehead atoms. The summed E-state index contributed by atoms with van der Waals surface area (Å²) in [4.78, 5) is 35.3. The molecule has 30 heavy (non-hydrogen) atoms. The zero-order chi connectivity index (χ0) is 21.8. The zero-order valence-electron chi connectivity index (χ0n) is 17.6. The number of carbonyl (C=O) groups excluding carboxylic acids is 3. The van der Waals surface area contributed by atoms with Crippen molar-refractivity contribution in [2.75, 3.05) is 19.8 Å². The molecule has 2 rings (SSSR count). The van der Waals surface area contributed by atoms with E-state index in [1.54, 1.807) is 36.4 Å². The van der Waals surface area contributed by atoms with Gasteiger partial charge in [0, 0.05) is 19.0 Å². The topological polar surface area (TPSA) is 81.7 Å². The summed E-state index contributed by atoms with van der Waals surface area (Å²) < 4.78 is 10.7. The summed E-state index contributed by atoms with van der Waals surface area (Å²) in [5.41, 5.74) is 1.95. The zero-order valence-corrected chi connectivity index (χ0v) is 17.6. The summed E-state index contributed by atoms with van der Waals surface area (Å²) in [6.45, 7) is 4.54. The van der Waals surface area contributed by atoms with Crippen molar-refractivity contribution >= 4 is 17.7 Å². The number of benzene rings is 2. The van der Waals surface area contributed by atoms with E-state index >= 15 is 0 Å². The SMILES string of the molecule is CCCCOc1ccc(C(=O)OCC(=O)c2ccc(CCCNC(C)=O)cc2)cc1. The molecule has 0 radical (unpaired) electrons. The number of ether oxygens (including phenoxy) is 2. The first kappa shape index (κ1) is 23.1. The molecule has 1 N–H and O–H groups in total. The number of aryl methyl sites for hydroxylation is 1. The van der Waals surface area contributed by atoms with Gasteiger partial charge in [-0.05, 0) is 49.1 Å². The molecule has 6 heteroatoms. The molecule has 0 spiro atoms. The Balaban J connectivity index is 1.77. The quantitative estimate of drug-likeness (QED) is 0.325. The van der Waals surface area contributed by atoms with Gasteiger partial charge in [0.05, 0.1) is 12.2 Å². The van der Waals surface area contributed by atoms with Crippen LogP contribution in [0.5, 0.6) is 5.75 Å². The average molecular weight is 411 g/mol. The van der Waals surface area contributed by atoms with Gasteiger partial charge in [-0.1, -0.05) is 37.6 Å². The van der Waals surface area contributed by atoms with Gasteiger partial charge in [-0.25, -0.2) is 4.79 Å². The van der Waals surface area contributed by atoms with Crippen LogP contribution in [0.2, 0.25) is 0 Å². The molecule has 6 nitrogen and oxygen atoms in total. The van der Waals surface area contributed by atoms with E-state index in [2.05, 4.69) is 12.2 Å². The third-order valence-corrected chi connectivity index (χ3v) is 4.48. The van der Waals surface area contributed by atoms with Crippen LogP contribution in [-0.4, -0.2) is 37.4 Å². The van der Waals surface area contributed by atoms with Crippen LogP contribution in [0.4, 0.5) is 0 Å². The first-order valence-electron chi connectivity index (χ1n) is 10.3. The Kier molecular flexibility index (Phi) is 9.58. The maximum atomic E-state index is 12.3. The van der Waals surface area contributed by atoms with Crippen LogP contribution < -0.4 is 10.1 Å². The van der Waals surface area contributed by atoms with Crippen molar-refractivity contribution in [2.45, 2.75) is 39.5 Å². The van der Waals surface area contributed by atoms with Gasteiger partial charge in [0.1, 0.15) is 5.75 Å². The molecule has 0 fully saturated rings. The summed E-state index contributed by atoms with van der Waals surface area (Å²) in [6, 6.07) is 13.9. The number of rotatable bonds is 12. The van der Waals surface area contributed by atoms with Crippen molar-refractivity contribution in [2.24, 2.45) is 0 Å². The highest BCUT2D eigenvalue weighted by atomic mass is 16.5. The van der Waals surface area contributed by atoms with E-state index in [4.69, 9.17) is 9.47 Å². The Morgan fingerprint density at radius 1 is 0.900 bits per heavy atom. The molecule has 0 unspecified atom stereocenters. The number of nitrogens with one attached hydrogen (secondary N) is 1. The van der Waals surface area contributed by atoms with Crippen LogP contribution in [0, 0.1) is 0 Å². The van der Waals surface area contributed by atoms with Crippen LogP contribution in [0.3, 0.4) is 0 Å². The van der Waals surface area contributed by atoms with Crippen molar-refractivity contribution in [3.05, 3.63) is 65.2 Å². The Morgan fingerprint density at radius 2 is 1.57 bits per heavy atom. The van der Waals surface area contributed by atoms with E-state index < -0.39 is 5.97 Å². The predicted molar refractivity (Wildman–Crippen MR) is 115 cm³/mol. The van der Waals surface area contributed by atoms with E-state index in [1.165, 1.54) is 6.92 Å². The highest BCUT2D eigenvalue weighted by Gasteiger charge is 2.12. The lowest BCUT2D eigenvalue weighted by molar-refractivity contribution is -0.118. The molecule has 0 aliphatic carbocycles. The number of unbranched alkanes of at least 4 members (excludes halogenated alkanes) is 1. The molecule has 1 amide bonds. The molecule has 160 valence electrons. The standard InChI is InChI=1S/C24H29NO5/c1-3-4-16-29-22-13-11-21(12-14-22)24(28)30-17-23(27)20-9-7-19(8-10-20)6-5-15-25-18(2)26/h7-14H,3-6,15-17H2,1-2H3,(H,25,26). The van der Waals surface area contributed by atoms with E-state index in [9.17, 15) is 14.4 Å². The van der Waals surface area contributed by atoms with Gasteiger partial charge in [-0.2, -0.15) is 0 Å². The maximum Gasteiger partial charge on any atom is 0.338 e. The maximum absolute atomic E-state index is 12.3. The molecule has 0 aromatic heterocycles. The fourth-order valence-electron chi connectivity index (χ4n) is 2.73. The number of hydrogen-bond acceptors (Lipinski definition) is 5. The van der Waals surface area contributed by atoms with E-state index in [-0.39, 0.29) is 18.3 Å². The van der Waals surface area contributed by atoms with Crippen molar-refractivity contribution < 1.29 is 23.9 Å². The van der Waals surface area contributed by atoms with Gasteiger partial charge >= 0.3 is 5.97 Å². The number of ketones is 1. The van der Waals surface area contributed by atoms with Crippen molar-refractivity contribution in [3.63, 3.8) is 0 Å². The summed E-state index contributed by atoms with van der Waals surface area (Å²) >= 11 is 0. The second-order valence-corrected chi connectivity index (χ2v) is 7.01. The van der Waals surface area contributed by atoms with Gasteiger partial charge in [0.15, 0.2) is 12.4 Å². The van der Waals surface area contributed by atoms with Gasteiger partial charge in [-0.3, -0.25) is 9.59 Å². The van der Waals surface area contributed by atoms with Crippen LogP contribution in [0.1, 0.15) is 59.4 Å². The summed E-state index contributed by atoms with van der Waals surface area (Å²) in [7, 11) is 0. The molecule has 0 heterocycles. The van der Waals surface area contributed by atoms with Gasteiger partial charge < -0.3 is 14.8 Å². The van der Waals surface area contributed by atoms with E-state index in [1.807, 2.05) is 12.1 Å². The summed E-state index contributed by atoms with van der Waals surface area (Å²) in [5.74, 6) is -0.138. The van der Waals surface area contributed by atoms with Crippen molar-refractivity contribution in [3.8, 4) is 5.75 Å². The molecule has 0 saturated carbocycles. The van der Waals surface area contributed by atoms with Crippen LogP contribution in [0.25, 0.3) is 0 Å². The highest BCUT2D eigenvalue weighted by molar-refractivity contribution is 5.99. The van der Waals surface area contributed by atoms with E-state index in [0.717, 1.165) is 31.2 Å². The van der Waals surface area contributed by atoms with Crippen LogP contribution in [-0.2, 0) is 16.0 Å². The Bertz CT molecular complexity index is 828. The Hall–Kier alpha value is -3.15. The minimum Gasteiger partial charge on any atom is -0.494 e. The normalized spacial score (nSPS) is 10.3. The monoisotopic (exact) mass is 411 g/mol. The minimum absolute atomic E-state index is 0.0401. The van der Waals surface area contributed by atoms with Crippen molar-refractivity contribution in [1.29, 1.82) is 0 Å². The second kappa shape index (κ2) is 12.4. The molecule has 2 aromatic rings. The van der Waals surface area contributed by atoms with Crippen molar-refractivity contribution in [1.82, 2.24) is 5.32 Å².